The second-order valence-corrected chi connectivity index (χ2v) is 6.63. The normalized spacial score (nSPS) is 11.1. The summed E-state index contributed by atoms with van der Waals surface area (Å²) < 4.78 is 5.36. The van der Waals surface area contributed by atoms with Crippen molar-refractivity contribution in [1.29, 1.82) is 5.26 Å². The van der Waals surface area contributed by atoms with Crippen LogP contribution in [0.1, 0.15) is 39.9 Å². The van der Waals surface area contributed by atoms with Crippen LogP contribution in [-0.4, -0.2) is 10.9 Å². The highest BCUT2D eigenvalue weighted by Crippen LogP contribution is 2.33. The number of carbonyl (C=O) groups excluding carboxylic acids is 1. The van der Waals surface area contributed by atoms with E-state index in [0.717, 1.165) is 47.7 Å². The average molecular weight is 356 g/mol. The van der Waals surface area contributed by atoms with Gasteiger partial charge in [-0.05, 0) is 73.2 Å². The molecule has 1 aromatic heterocycles. The smallest absolute Gasteiger partial charge is 0.249 e. The van der Waals surface area contributed by atoms with Gasteiger partial charge in [-0.3, -0.25) is 4.79 Å². The second-order valence-electron chi connectivity index (χ2n) is 6.63. The molecule has 1 aliphatic carbocycles. The molecule has 5 heteroatoms. The minimum atomic E-state index is -0.433. The third-order valence-electron chi connectivity index (χ3n) is 4.96. The molecule has 0 atom stereocenters. The Labute approximate surface area is 156 Å². The number of H-pyrrole nitrogens is 1. The Hall–Kier alpha value is -3.52. The Morgan fingerprint density at radius 1 is 1.22 bits per heavy atom. The second kappa shape index (κ2) is 7.00. The van der Waals surface area contributed by atoms with Gasteiger partial charge in [-0.25, -0.2) is 0 Å². The number of aromatic amines is 1. The van der Waals surface area contributed by atoms with Gasteiger partial charge in [0.05, 0.1) is 11.6 Å². The number of hydrogen-bond acceptors (Lipinski definition) is 3. The van der Waals surface area contributed by atoms with Crippen LogP contribution < -0.4 is 5.73 Å². The number of nitrogens with zero attached hydrogens (tertiary/aromatic N) is 1. The molecule has 0 fully saturated rings. The highest BCUT2D eigenvalue weighted by Gasteiger charge is 2.20. The summed E-state index contributed by atoms with van der Waals surface area (Å²) in [6.07, 6.45) is 8.22. The summed E-state index contributed by atoms with van der Waals surface area (Å²) in [5, 5.41) is 10.2. The number of nitriles is 1. The molecule has 0 unspecified atom stereocenters. The fourth-order valence-corrected chi connectivity index (χ4v) is 3.63. The summed E-state index contributed by atoms with van der Waals surface area (Å²) in [7, 11) is 0. The van der Waals surface area contributed by atoms with Crippen LogP contribution >= 0.6 is 0 Å². The van der Waals surface area contributed by atoms with Crippen LogP contribution in [0.4, 0.5) is 0 Å². The summed E-state index contributed by atoms with van der Waals surface area (Å²) in [6.45, 7) is 0. The molecule has 3 N–H and O–H groups in total. The monoisotopic (exact) mass is 356 g/mol. The molecular weight excluding hydrogens is 338 g/mol. The zero-order valence-corrected chi connectivity index (χ0v) is 14.7. The Balaban J connectivity index is 1.47. The van der Waals surface area contributed by atoms with E-state index < -0.39 is 5.91 Å². The van der Waals surface area contributed by atoms with Crippen molar-refractivity contribution in [3.63, 3.8) is 0 Å². The molecular formula is C22H18N3O2. The molecule has 2 heterocycles. The molecule has 1 amide bonds. The molecule has 2 aliphatic rings. The van der Waals surface area contributed by atoms with Gasteiger partial charge in [-0.2, -0.15) is 5.26 Å². The first kappa shape index (κ1) is 16.9. The number of rotatable bonds is 6. The number of aryl methyl sites for hydroxylation is 1. The van der Waals surface area contributed by atoms with Gasteiger partial charge in [0.1, 0.15) is 5.76 Å². The van der Waals surface area contributed by atoms with Gasteiger partial charge in [0.2, 0.25) is 5.91 Å². The fraction of sp³-hybridized carbons (Fsp3) is 0.182. The van der Waals surface area contributed by atoms with Gasteiger partial charge in [0.15, 0.2) is 6.26 Å². The van der Waals surface area contributed by atoms with Crippen molar-refractivity contribution in [2.45, 2.75) is 25.7 Å². The van der Waals surface area contributed by atoms with Crippen LogP contribution in [-0.2, 0) is 12.8 Å². The van der Waals surface area contributed by atoms with Crippen LogP contribution in [0.25, 0.3) is 22.2 Å². The molecule has 1 radical (unpaired) electrons. The lowest BCUT2D eigenvalue weighted by Crippen LogP contribution is -2.12. The maximum atomic E-state index is 11.8. The topological polar surface area (TPSA) is 95.8 Å². The lowest BCUT2D eigenvalue weighted by atomic mass is 9.99. The van der Waals surface area contributed by atoms with Crippen molar-refractivity contribution in [1.82, 2.24) is 4.98 Å². The van der Waals surface area contributed by atoms with Crippen molar-refractivity contribution < 1.29 is 9.21 Å². The predicted molar refractivity (Wildman–Crippen MR) is 102 cm³/mol. The number of carbonyl (C=O) groups is 1. The average Bonchev–Trinajstić information content (AvgIpc) is 3.26. The number of aromatic nitrogens is 1. The highest BCUT2D eigenvalue weighted by molar-refractivity contribution is 5.98. The fourth-order valence-electron chi connectivity index (χ4n) is 3.63. The van der Waals surface area contributed by atoms with Gasteiger partial charge in [0.25, 0.3) is 0 Å². The quantitative estimate of drug-likeness (QED) is 0.507. The largest absolute Gasteiger partial charge is 0.453 e. The number of hydrogen-bond donors (Lipinski definition) is 2. The van der Waals surface area contributed by atoms with Crippen LogP contribution in [0.15, 0.2) is 47.0 Å². The van der Waals surface area contributed by atoms with Crippen molar-refractivity contribution in [3.8, 4) is 17.4 Å². The summed E-state index contributed by atoms with van der Waals surface area (Å²) >= 11 is 0. The molecule has 133 valence electrons. The number of fused-ring (bicyclic) bond motifs is 2. The Bertz CT molecular complexity index is 1130. The maximum absolute atomic E-state index is 11.8. The van der Waals surface area contributed by atoms with Gasteiger partial charge in [-0.15, -0.1) is 0 Å². The molecule has 1 aliphatic heterocycles. The number of nitrogens with one attached hydrogen (secondary N) is 1. The lowest BCUT2D eigenvalue weighted by molar-refractivity contribution is 0.0999. The highest BCUT2D eigenvalue weighted by atomic mass is 16.3. The Morgan fingerprint density at radius 2 is 2.07 bits per heavy atom. The van der Waals surface area contributed by atoms with Crippen LogP contribution in [0, 0.1) is 17.6 Å². The zero-order chi connectivity index (χ0) is 18.8. The predicted octanol–water partition coefficient (Wildman–Crippen LogP) is 4.20. The minimum Gasteiger partial charge on any atom is -0.453 e. The zero-order valence-electron chi connectivity index (χ0n) is 14.7. The standard InChI is InChI=1S/C22H18N3O2/c23-12-14-7-8-20-18(10-14)15(13-25-20)4-1-2-5-16-17-6-3-9-27-21(17)11-19(16)22(24)26/h3,6-8,10-11,13,25H,1-2,4-5H2,(H2,24,26). The van der Waals surface area contributed by atoms with E-state index in [1.54, 1.807) is 12.1 Å². The number of primary amides is 1. The van der Waals surface area contributed by atoms with E-state index in [9.17, 15) is 4.79 Å². The van der Waals surface area contributed by atoms with Crippen LogP contribution in [0.3, 0.4) is 0 Å². The Kier molecular flexibility index (Phi) is 4.39. The van der Waals surface area contributed by atoms with Crippen molar-refractivity contribution in [2.75, 3.05) is 0 Å². The van der Waals surface area contributed by atoms with E-state index in [1.165, 1.54) is 5.56 Å². The molecule has 0 spiro atoms. The van der Waals surface area contributed by atoms with Crippen molar-refractivity contribution >= 4 is 16.8 Å². The molecule has 5 nitrogen and oxygen atoms in total. The number of amides is 1. The van der Waals surface area contributed by atoms with Gasteiger partial charge < -0.3 is 15.1 Å². The van der Waals surface area contributed by atoms with E-state index in [1.807, 2.05) is 30.5 Å². The summed E-state index contributed by atoms with van der Waals surface area (Å²) in [5.41, 5.74) is 10.8. The third kappa shape index (κ3) is 3.18. The van der Waals surface area contributed by atoms with E-state index in [2.05, 4.69) is 17.3 Å². The van der Waals surface area contributed by atoms with Crippen molar-refractivity contribution in [2.24, 2.45) is 5.73 Å². The molecule has 0 bridgehead atoms. The minimum absolute atomic E-state index is 0.433. The Morgan fingerprint density at radius 3 is 2.89 bits per heavy atom. The third-order valence-corrected chi connectivity index (χ3v) is 4.96. The first-order valence-electron chi connectivity index (χ1n) is 8.89. The summed E-state index contributed by atoms with van der Waals surface area (Å²) in [5.74, 6) is 0.207. The maximum Gasteiger partial charge on any atom is 0.249 e. The van der Waals surface area contributed by atoms with Crippen molar-refractivity contribution in [3.05, 3.63) is 71.1 Å². The number of nitrogens with two attached hydrogens (primary N) is 1. The van der Waals surface area contributed by atoms with Crippen LogP contribution in [0.2, 0.25) is 0 Å². The van der Waals surface area contributed by atoms with Crippen LogP contribution in [0.5, 0.6) is 0 Å². The van der Waals surface area contributed by atoms with E-state index in [-0.39, 0.29) is 0 Å². The number of benzene rings is 1. The van der Waals surface area contributed by atoms with E-state index in [4.69, 9.17) is 15.4 Å². The molecule has 0 saturated carbocycles. The molecule has 2 aromatic rings. The SMILES string of the molecule is N#Cc1ccc2[nH]cc(CCCCc3c(C(N)=O)cc4o[c]ccc3-4)c2c1. The number of unbranched alkanes of at least 4 members (excludes halogenated alkanes) is 1. The molecule has 27 heavy (non-hydrogen) atoms. The molecule has 4 rings (SSSR count). The summed E-state index contributed by atoms with van der Waals surface area (Å²) in [6, 6.07) is 13.2. The van der Waals surface area contributed by atoms with E-state index in [0.29, 0.717) is 16.9 Å². The first-order chi connectivity index (χ1) is 13.2. The van der Waals surface area contributed by atoms with Gasteiger partial charge in [-0.1, -0.05) is 0 Å². The lowest BCUT2D eigenvalue weighted by Gasteiger charge is -2.05. The van der Waals surface area contributed by atoms with Gasteiger partial charge in [0, 0.05) is 28.2 Å². The molecule has 0 saturated heterocycles. The van der Waals surface area contributed by atoms with Gasteiger partial charge >= 0.3 is 0 Å². The summed E-state index contributed by atoms with van der Waals surface area (Å²) in [4.78, 5) is 15.0. The first-order valence-corrected chi connectivity index (χ1v) is 8.89. The van der Waals surface area contributed by atoms with E-state index >= 15 is 0 Å². The molecule has 1 aromatic carbocycles.